The Labute approximate surface area is 303 Å². The fraction of sp³-hybridized carbons (Fsp3) is 0.362. The summed E-state index contributed by atoms with van der Waals surface area (Å²) in [7, 11) is 0. The molecule has 0 saturated heterocycles. The molecule has 2 aliphatic rings. The van der Waals surface area contributed by atoms with Crippen LogP contribution in [0.5, 0.6) is 0 Å². The Bertz CT molecular complexity index is 2360. The van der Waals surface area contributed by atoms with Gasteiger partial charge < -0.3 is 9.30 Å². The third kappa shape index (κ3) is 5.87. The van der Waals surface area contributed by atoms with E-state index in [0.717, 1.165) is 28.4 Å². The van der Waals surface area contributed by atoms with E-state index in [0.29, 0.717) is 12.5 Å². The largest absolute Gasteiger partial charge is 0.475 e. The van der Waals surface area contributed by atoms with Crippen LogP contribution in [0.25, 0.3) is 49.9 Å². The molecule has 4 nitrogen and oxygen atoms in total. The first-order valence-corrected chi connectivity index (χ1v) is 18.8. The van der Waals surface area contributed by atoms with Crippen LogP contribution in [0, 0.1) is 40.5 Å². The van der Waals surface area contributed by atoms with Crippen LogP contribution < -0.4 is 0 Å². The molecular weight excluding hydrogens is 623 g/mol. The number of hydrogen-bond donors (Lipinski definition) is 0. The van der Waals surface area contributed by atoms with Gasteiger partial charge in [-0.05, 0) is 154 Å². The summed E-state index contributed by atoms with van der Waals surface area (Å²) in [6.07, 6.45) is 7.02. The highest BCUT2D eigenvalue weighted by molar-refractivity contribution is 6.11. The highest BCUT2D eigenvalue weighted by atomic mass is 16.5. The zero-order valence-electron chi connectivity index (χ0n) is 31.9. The van der Waals surface area contributed by atoms with E-state index in [1.54, 1.807) is 0 Å². The molecule has 1 atom stereocenters. The normalized spacial score (nSPS) is 18.2. The SMILES string of the molecule is Cc1cc(C)c(-c2cc(C3=N[C@](C)(C4CCCC4)CO3)cc(-n3c4ccc(C)cc4c4cc(C)c(-c5cc(C(C)(C)C)ccn5)cc43)c2)c(C)c1. The molecule has 0 spiro atoms. The van der Waals surface area contributed by atoms with Crippen molar-refractivity contribution in [2.24, 2.45) is 10.9 Å². The van der Waals surface area contributed by atoms with Crippen LogP contribution in [0.15, 0.2) is 84.0 Å². The highest BCUT2D eigenvalue weighted by Crippen LogP contribution is 2.42. The molecule has 1 fully saturated rings. The molecule has 51 heavy (non-hydrogen) atoms. The van der Waals surface area contributed by atoms with Crippen LogP contribution in [-0.4, -0.2) is 27.6 Å². The van der Waals surface area contributed by atoms with Crippen LogP contribution in [0.1, 0.15) is 92.3 Å². The Morgan fingerprint density at radius 3 is 2.16 bits per heavy atom. The summed E-state index contributed by atoms with van der Waals surface area (Å²) < 4.78 is 9.02. The van der Waals surface area contributed by atoms with E-state index in [4.69, 9.17) is 14.7 Å². The van der Waals surface area contributed by atoms with Gasteiger partial charge in [-0.3, -0.25) is 4.98 Å². The summed E-state index contributed by atoms with van der Waals surface area (Å²) >= 11 is 0. The number of nitrogens with zero attached hydrogens (tertiary/aromatic N) is 3. The van der Waals surface area contributed by atoms with Crippen LogP contribution in [0.4, 0.5) is 0 Å². The van der Waals surface area contributed by atoms with Crippen LogP contribution in [0.2, 0.25) is 0 Å². The summed E-state index contributed by atoms with van der Waals surface area (Å²) in [5, 5.41) is 2.51. The average molecular weight is 674 g/mol. The summed E-state index contributed by atoms with van der Waals surface area (Å²) in [5.41, 5.74) is 16.6. The zero-order chi connectivity index (χ0) is 35.8. The lowest BCUT2D eigenvalue weighted by Crippen LogP contribution is -2.32. The Morgan fingerprint density at radius 1 is 0.725 bits per heavy atom. The van der Waals surface area contributed by atoms with E-state index in [9.17, 15) is 0 Å². The zero-order valence-corrected chi connectivity index (χ0v) is 31.9. The molecule has 0 N–H and O–H groups in total. The van der Waals surface area contributed by atoms with E-state index in [-0.39, 0.29) is 11.0 Å². The highest BCUT2D eigenvalue weighted by Gasteiger charge is 2.41. The van der Waals surface area contributed by atoms with Gasteiger partial charge >= 0.3 is 0 Å². The third-order valence-corrected chi connectivity index (χ3v) is 11.7. The van der Waals surface area contributed by atoms with Gasteiger partial charge in [0.25, 0.3) is 0 Å². The molecule has 0 unspecified atom stereocenters. The maximum absolute atomic E-state index is 6.56. The summed E-state index contributed by atoms with van der Waals surface area (Å²) in [6.45, 7) is 20.8. The molecule has 2 aromatic heterocycles. The Kier molecular flexibility index (Phi) is 8.01. The number of rotatable bonds is 5. The van der Waals surface area contributed by atoms with E-state index in [1.165, 1.54) is 92.0 Å². The Balaban J connectivity index is 1.40. The van der Waals surface area contributed by atoms with E-state index in [2.05, 4.69) is 140 Å². The number of aromatic nitrogens is 2. The molecule has 6 aromatic rings. The second kappa shape index (κ2) is 12.2. The summed E-state index contributed by atoms with van der Waals surface area (Å²) in [4.78, 5) is 10.3. The van der Waals surface area contributed by atoms with Gasteiger partial charge in [0.15, 0.2) is 0 Å². The van der Waals surface area contributed by atoms with Crippen molar-refractivity contribution in [1.82, 2.24) is 9.55 Å². The molecule has 0 radical (unpaired) electrons. The van der Waals surface area contributed by atoms with Crippen molar-refractivity contribution in [1.29, 1.82) is 0 Å². The minimum absolute atomic E-state index is 0.0318. The number of aryl methyl sites for hydroxylation is 5. The van der Waals surface area contributed by atoms with E-state index in [1.807, 2.05) is 6.20 Å². The van der Waals surface area contributed by atoms with Crippen molar-refractivity contribution in [2.45, 2.75) is 99.0 Å². The maximum Gasteiger partial charge on any atom is 0.216 e. The fourth-order valence-corrected chi connectivity index (χ4v) is 8.95. The number of ether oxygens (including phenoxy) is 1. The van der Waals surface area contributed by atoms with Crippen molar-refractivity contribution >= 4 is 27.7 Å². The van der Waals surface area contributed by atoms with Gasteiger partial charge in [0.05, 0.1) is 22.3 Å². The fourth-order valence-electron chi connectivity index (χ4n) is 8.95. The molecule has 0 bridgehead atoms. The predicted octanol–water partition coefficient (Wildman–Crippen LogP) is 12.1. The van der Waals surface area contributed by atoms with Gasteiger partial charge in [-0.1, -0.05) is 62.9 Å². The van der Waals surface area contributed by atoms with Gasteiger partial charge in [0.1, 0.15) is 6.61 Å². The molecule has 1 aliphatic heterocycles. The van der Waals surface area contributed by atoms with Gasteiger partial charge in [-0.25, -0.2) is 4.99 Å². The Morgan fingerprint density at radius 2 is 1.43 bits per heavy atom. The first-order chi connectivity index (χ1) is 24.3. The molecular formula is C47H51N3O. The molecule has 0 amide bonds. The van der Waals surface area contributed by atoms with Gasteiger partial charge in [-0.2, -0.15) is 0 Å². The number of hydrogen-bond acceptors (Lipinski definition) is 3. The molecule has 4 heteroatoms. The quantitative estimate of drug-likeness (QED) is 0.183. The van der Waals surface area contributed by atoms with Gasteiger partial charge in [0.2, 0.25) is 5.90 Å². The number of benzene rings is 4. The molecule has 8 rings (SSSR count). The number of fused-ring (bicyclic) bond motifs is 3. The molecule has 1 aliphatic carbocycles. The topological polar surface area (TPSA) is 39.4 Å². The van der Waals surface area contributed by atoms with Gasteiger partial charge in [0, 0.05) is 33.8 Å². The number of pyridine rings is 1. The average Bonchev–Trinajstić information content (AvgIpc) is 3.83. The lowest BCUT2D eigenvalue weighted by molar-refractivity contribution is 0.207. The maximum atomic E-state index is 6.56. The first kappa shape index (κ1) is 33.4. The van der Waals surface area contributed by atoms with Crippen LogP contribution in [-0.2, 0) is 10.2 Å². The molecule has 260 valence electrons. The molecule has 4 aromatic carbocycles. The van der Waals surface area contributed by atoms with Crippen molar-refractivity contribution < 1.29 is 4.74 Å². The smallest absolute Gasteiger partial charge is 0.216 e. The third-order valence-electron chi connectivity index (χ3n) is 11.7. The van der Waals surface area contributed by atoms with Crippen molar-refractivity contribution in [3.63, 3.8) is 0 Å². The monoisotopic (exact) mass is 673 g/mol. The predicted molar refractivity (Wildman–Crippen MR) is 215 cm³/mol. The minimum Gasteiger partial charge on any atom is -0.475 e. The second-order valence-electron chi connectivity index (χ2n) is 16.8. The standard InChI is InChI=1S/C47H51N3O/c1-28-14-15-42-39(20-28)40-21-30(3)38(41-25-36(16-17-48-41)46(6,7)8)26-43(40)50(42)37-23-33(44-31(4)18-29(2)19-32(44)5)22-34(24-37)45-49-47(9,27-51-45)35-12-10-11-13-35/h14-26,35H,10-13,27H2,1-9H3/t47-/m0/s1. The van der Waals surface area contributed by atoms with E-state index < -0.39 is 0 Å². The van der Waals surface area contributed by atoms with Crippen LogP contribution in [0.3, 0.4) is 0 Å². The van der Waals surface area contributed by atoms with Crippen molar-refractivity contribution in [2.75, 3.05) is 6.61 Å². The van der Waals surface area contributed by atoms with E-state index >= 15 is 0 Å². The van der Waals surface area contributed by atoms with Crippen molar-refractivity contribution in [3.05, 3.63) is 118 Å². The second-order valence-corrected chi connectivity index (χ2v) is 16.8. The lowest BCUT2D eigenvalue weighted by atomic mass is 9.86. The van der Waals surface area contributed by atoms with Crippen molar-refractivity contribution in [3.8, 4) is 28.1 Å². The lowest BCUT2D eigenvalue weighted by Gasteiger charge is -2.25. The summed E-state index contributed by atoms with van der Waals surface area (Å²) in [5.74, 6) is 1.35. The number of aliphatic imine (C=N–C) groups is 1. The van der Waals surface area contributed by atoms with Crippen LogP contribution >= 0.6 is 0 Å². The molecule has 1 saturated carbocycles. The Hall–Kier alpha value is -4.70. The first-order valence-electron chi connectivity index (χ1n) is 18.8. The minimum atomic E-state index is -0.177. The van der Waals surface area contributed by atoms with Gasteiger partial charge in [-0.15, -0.1) is 0 Å². The summed E-state index contributed by atoms with van der Waals surface area (Å²) in [6, 6.07) is 27.6. The molecule has 3 heterocycles.